The normalized spacial score (nSPS) is 30.4. The molecular formula is C11H18N2O3. The predicted molar refractivity (Wildman–Crippen MR) is 58.0 cm³/mol. The number of carboxylic acids is 1. The first-order valence-electron chi connectivity index (χ1n) is 5.97. The lowest BCUT2D eigenvalue weighted by molar-refractivity contribution is -0.152. The topological polar surface area (TPSA) is 69.6 Å². The Balaban J connectivity index is 2.04. The minimum absolute atomic E-state index is 0.0235. The van der Waals surface area contributed by atoms with Crippen molar-refractivity contribution in [2.75, 3.05) is 13.1 Å². The van der Waals surface area contributed by atoms with E-state index in [9.17, 15) is 9.59 Å². The second-order valence-electron chi connectivity index (χ2n) is 4.53. The molecule has 0 aromatic heterocycles. The Kier molecular flexibility index (Phi) is 3.43. The standard InChI is InChI=1S/C11H18N2O3/c14-10(8-4-3-6-12-8)13-7-2-1-5-9(13)11(15)16/h8-9,12H,1-7H2,(H,15,16)/t8?,9-/m1/s1. The average Bonchev–Trinajstić information content (AvgIpc) is 2.81. The Morgan fingerprint density at radius 2 is 2.00 bits per heavy atom. The van der Waals surface area contributed by atoms with Crippen molar-refractivity contribution in [1.29, 1.82) is 0 Å². The van der Waals surface area contributed by atoms with Crippen LogP contribution in [0.2, 0.25) is 0 Å². The van der Waals surface area contributed by atoms with Crippen LogP contribution in [-0.4, -0.2) is 47.1 Å². The maximum Gasteiger partial charge on any atom is 0.326 e. The van der Waals surface area contributed by atoms with Gasteiger partial charge in [0.2, 0.25) is 5.91 Å². The molecule has 0 saturated carbocycles. The van der Waals surface area contributed by atoms with Crippen molar-refractivity contribution in [3.8, 4) is 0 Å². The first-order valence-corrected chi connectivity index (χ1v) is 5.97. The number of nitrogens with zero attached hydrogens (tertiary/aromatic N) is 1. The summed E-state index contributed by atoms with van der Waals surface area (Å²) in [6, 6.07) is -0.761. The van der Waals surface area contributed by atoms with E-state index in [-0.39, 0.29) is 11.9 Å². The molecule has 2 atom stereocenters. The fraction of sp³-hybridized carbons (Fsp3) is 0.818. The van der Waals surface area contributed by atoms with Crippen LogP contribution in [0.15, 0.2) is 0 Å². The van der Waals surface area contributed by atoms with Crippen LogP contribution >= 0.6 is 0 Å². The fourth-order valence-corrected chi connectivity index (χ4v) is 2.55. The number of carbonyl (C=O) groups excluding carboxylic acids is 1. The van der Waals surface area contributed by atoms with Gasteiger partial charge in [-0.15, -0.1) is 0 Å². The molecule has 2 saturated heterocycles. The largest absolute Gasteiger partial charge is 0.480 e. The molecule has 0 radical (unpaired) electrons. The summed E-state index contributed by atoms with van der Waals surface area (Å²) in [5, 5.41) is 12.2. The lowest BCUT2D eigenvalue weighted by atomic mass is 10.0. The van der Waals surface area contributed by atoms with Crippen LogP contribution in [0.3, 0.4) is 0 Å². The van der Waals surface area contributed by atoms with E-state index in [1.165, 1.54) is 0 Å². The van der Waals surface area contributed by atoms with E-state index in [0.29, 0.717) is 13.0 Å². The summed E-state index contributed by atoms with van der Waals surface area (Å²) in [7, 11) is 0. The third-order valence-electron chi connectivity index (χ3n) is 3.43. The zero-order chi connectivity index (χ0) is 11.5. The number of rotatable bonds is 2. The summed E-state index contributed by atoms with van der Waals surface area (Å²) >= 11 is 0. The van der Waals surface area contributed by atoms with E-state index in [1.54, 1.807) is 4.90 Å². The summed E-state index contributed by atoms with van der Waals surface area (Å²) < 4.78 is 0. The van der Waals surface area contributed by atoms with Gasteiger partial charge in [-0.25, -0.2) is 4.79 Å². The lowest BCUT2D eigenvalue weighted by Gasteiger charge is -2.34. The fourth-order valence-electron chi connectivity index (χ4n) is 2.55. The number of carboxylic acid groups (broad SMARTS) is 1. The molecule has 2 fully saturated rings. The second kappa shape index (κ2) is 4.82. The number of hydrogen-bond acceptors (Lipinski definition) is 3. The summed E-state index contributed by atoms with van der Waals surface area (Å²) in [6.45, 7) is 1.45. The van der Waals surface area contributed by atoms with E-state index in [2.05, 4.69) is 5.32 Å². The number of hydrogen-bond donors (Lipinski definition) is 2. The molecular weight excluding hydrogens is 208 g/mol. The summed E-state index contributed by atoms with van der Waals surface area (Å²) in [5.74, 6) is -0.893. The first kappa shape index (κ1) is 11.4. The number of nitrogens with one attached hydrogen (secondary N) is 1. The van der Waals surface area contributed by atoms with Gasteiger partial charge in [-0.3, -0.25) is 4.79 Å². The molecule has 90 valence electrons. The van der Waals surface area contributed by atoms with Crippen LogP contribution in [0, 0.1) is 0 Å². The van der Waals surface area contributed by atoms with E-state index in [1.807, 2.05) is 0 Å². The highest BCUT2D eigenvalue weighted by molar-refractivity contribution is 5.87. The van der Waals surface area contributed by atoms with E-state index in [4.69, 9.17) is 5.11 Å². The van der Waals surface area contributed by atoms with Gasteiger partial charge in [-0.1, -0.05) is 0 Å². The van der Waals surface area contributed by atoms with E-state index in [0.717, 1.165) is 32.2 Å². The average molecular weight is 226 g/mol. The molecule has 2 aliphatic heterocycles. The Morgan fingerprint density at radius 1 is 1.19 bits per heavy atom. The quantitative estimate of drug-likeness (QED) is 0.706. The highest BCUT2D eigenvalue weighted by atomic mass is 16.4. The number of likely N-dealkylation sites (tertiary alicyclic amines) is 1. The highest BCUT2D eigenvalue weighted by Crippen LogP contribution is 2.20. The maximum atomic E-state index is 12.1. The Bertz CT molecular complexity index is 287. The molecule has 0 aliphatic carbocycles. The molecule has 0 bridgehead atoms. The van der Waals surface area contributed by atoms with Crippen LogP contribution in [0.25, 0.3) is 0 Å². The van der Waals surface area contributed by atoms with Gasteiger partial charge in [0.05, 0.1) is 6.04 Å². The molecule has 0 spiro atoms. The van der Waals surface area contributed by atoms with Crippen molar-refractivity contribution < 1.29 is 14.7 Å². The van der Waals surface area contributed by atoms with Gasteiger partial charge in [0.1, 0.15) is 6.04 Å². The molecule has 2 heterocycles. The van der Waals surface area contributed by atoms with Gasteiger partial charge < -0.3 is 15.3 Å². The third-order valence-corrected chi connectivity index (χ3v) is 3.43. The summed E-state index contributed by atoms with van der Waals surface area (Å²) in [6.07, 6.45) is 4.25. The molecule has 5 heteroatoms. The Labute approximate surface area is 94.8 Å². The molecule has 2 rings (SSSR count). The molecule has 2 aliphatic rings. The monoisotopic (exact) mass is 226 g/mol. The Hall–Kier alpha value is -1.10. The summed E-state index contributed by atoms with van der Waals surface area (Å²) in [5.41, 5.74) is 0. The molecule has 5 nitrogen and oxygen atoms in total. The Morgan fingerprint density at radius 3 is 2.62 bits per heavy atom. The highest BCUT2D eigenvalue weighted by Gasteiger charge is 2.35. The predicted octanol–water partition coefficient (Wildman–Crippen LogP) is 0.204. The summed E-state index contributed by atoms with van der Waals surface area (Å²) in [4.78, 5) is 24.7. The molecule has 16 heavy (non-hydrogen) atoms. The van der Waals surface area contributed by atoms with Crippen molar-refractivity contribution >= 4 is 11.9 Å². The van der Waals surface area contributed by atoms with Crippen molar-refractivity contribution in [2.24, 2.45) is 0 Å². The lowest BCUT2D eigenvalue weighted by Crippen LogP contribution is -2.53. The van der Waals surface area contributed by atoms with Gasteiger partial charge in [-0.05, 0) is 38.6 Å². The minimum Gasteiger partial charge on any atom is -0.480 e. The van der Waals surface area contributed by atoms with Crippen LogP contribution in [-0.2, 0) is 9.59 Å². The smallest absolute Gasteiger partial charge is 0.326 e. The first-order chi connectivity index (χ1) is 7.70. The number of aliphatic carboxylic acids is 1. The SMILES string of the molecule is O=C(O)[C@H]1CCCCN1C(=O)C1CCCN1. The van der Waals surface area contributed by atoms with Crippen molar-refractivity contribution in [3.63, 3.8) is 0 Å². The van der Waals surface area contributed by atoms with Crippen LogP contribution in [0.1, 0.15) is 32.1 Å². The van der Waals surface area contributed by atoms with Gasteiger partial charge in [-0.2, -0.15) is 0 Å². The molecule has 0 aromatic rings. The van der Waals surface area contributed by atoms with Gasteiger partial charge in [0.25, 0.3) is 0 Å². The zero-order valence-corrected chi connectivity index (χ0v) is 9.32. The van der Waals surface area contributed by atoms with Crippen molar-refractivity contribution in [1.82, 2.24) is 10.2 Å². The number of amides is 1. The second-order valence-corrected chi connectivity index (χ2v) is 4.53. The van der Waals surface area contributed by atoms with Crippen LogP contribution in [0.5, 0.6) is 0 Å². The van der Waals surface area contributed by atoms with Crippen LogP contribution < -0.4 is 5.32 Å². The maximum absolute atomic E-state index is 12.1. The zero-order valence-electron chi connectivity index (χ0n) is 9.32. The van der Waals surface area contributed by atoms with E-state index >= 15 is 0 Å². The molecule has 1 amide bonds. The van der Waals surface area contributed by atoms with Gasteiger partial charge >= 0.3 is 5.97 Å². The van der Waals surface area contributed by atoms with E-state index < -0.39 is 12.0 Å². The van der Waals surface area contributed by atoms with Gasteiger partial charge in [0, 0.05) is 6.54 Å². The van der Waals surface area contributed by atoms with Crippen LogP contribution in [0.4, 0.5) is 0 Å². The third kappa shape index (κ3) is 2.19. The molecule has 0 aromatic carbocycles. The van der Waals surface area contributed by atoms with Crippen molar-refractivity contribution in [3.05, 3.63) is 0 Å². The minimum atomic E-state index is -0.869. The molecule has 2 N–H and O–H groups in total. The number of carbonyl (C=O) groups is 2. The molecule has 1 unspecified atom stereocenters. The van der Waals surface area contributed by atoms with Crippen molar-refractivity contribution in [2.45, 2.75) is 44.2 Å². The number of piperidine rings is 1. The van der Waals surface area contributed by atoms with Gasteiger partial charge in [0.15, 0.2) is 0 Å².